The summed E-state index contributed by atoms with van der Waals surface area (Å²) in [4.78, 5) is 35.1. The summed E-state index contributed by atoms with van der Waals surface area (Å²) in [5.41, 5.74) is 2.18. The normalized spacial score (nSPS) is 20.5. The first kappa shape index (κ1) is 26.5. The Balaban J connectivity index is 1.49. The molecule has 0 aliphatic carbocycles. The van der Waals surface area contributed by atoms with Gasteiger partial charge in [0.25, 0.3) is 11.8 Å². The van der Waals surface area contributed by atoms with Crippen molar-refractivity contribution >= 4 is 34.0 Å². The minimum Gasteiger partial charge on any atom is -0.383 e. The number of carbonyl (C=O) groups excluding carboxylic acids is 2. The third-order valence-corrected chi connectivity index (χ3v) is 7.43. The van der Waals surface area contributed by atoms with E-state index in [-0.39, 0.29) is 17.9 Å². The molecule has 10 nitrogen and oxygen atoms in total. The lowest BCUT2D eigenvalue weighted by atomic mass is 10.1. The van der Waals surface area contributed by atoms with E-state index in [1.54, 1.807) is 25.7 Å². The van der Waals surface area contributed by atoms with E-state index in [2.05, 4.69) is 32.3 Å². The highest BCUT2D eigenvalue weighted by Gasteiger charge is 2.26. The van der Waals surface area contributed by atoms with Crippen molar-refractivity contribution in [1.29, 1.82) is 0 Å². The van der Waals surface area contributed by atoms with Gasteiger partial charge in [-0.25, -0.2) is 4.98 Å². The van der Waals surface area contributed by atoms with E-state index in [4.69, 9.17) is 14.2 Å². The van der Waals surface area contributed by atoms with Gasteiger partial charge in [0.05, 0.1) is 37.2 Å². The first-order valence-corrected chi connectivity index (χ1v) is 13.1. The lowest BCUT2D eigenvalue weighted by Gasteiger charge is -2.33. The maximum Gasteiger partial charge on any atom is 0.275 e. The van der Waals surface area contributed by atoms with Gasteiger partial charge in [0.15, 0.2) is 5.13 Å². The summed E-state index contributed by atoms with van der Waals surface area (Å²) in [6, 6.07) is 5.89. The molecule has 2 aromatic rings. The zero-order valence-electron chi connectivity index (χ0n) is 21.1. The second-order valence-corrected chi connectivity index (χ2v) is 9.92. The molecule has 2 N–H and O–H groups in total. The molecule has 0 spiro atoms. The molecule has 196 valence electrons. The second-order valence-electron chi connectivity index (χ2n) is 9.08. The maximum absolute atomic E-state index is 13.1. The highest BCUT2D eigenvalue weighted by Crippen LogP contribution is 2.27. The average molecular weight is 518 g/mol. The Labute approximate surface area is 215 Å². The van der Waals surface area contributed by atoms with E-state index < -0.39 is 0 Å². The molecule has 4 rings (SSSR count). The molecule has 0 bridgehead atoms. The Bertz CT molecular complexity index is 1050. The van der Waals surface area contributed by atoms with Crippen LogP contribution in [0.25, 0.3) is 0 Å². The van der Waals surface area contributed by atoms with Crippen LogP contribution < -0.4 is 15.5 Å². The van der Waals surface area contributed by atoms with E-state index in [9.17, 15) is 9.59 Å². The number of aromatic nitrogens is 1. The van der Waals surface area contributed by atoms with Crippen LogP contribution in [0.15, 0.2) is 23.6 Å². The van der Waals surface area contributed by atoms with Gasteiger partial charge >= 0.3 is 0 Å². The average Bonchev–Trinajstić information content (AvgIpc) is 3.56. The first-order valence-electron chi connectivity index (χ1n) is 12.2. The molecule has 3 heterocycles. The van der Waals surface area contributed by atoms with E-state index >= 15 is 0 Å². The second kappa shape index (κ2) is 12.6. The van der Waals surface area contributed by atoms with Crippen molar-refractivity contribution in [2.75, 3.05) is 70.4 Å². The number of nitrogens with one attached hydrogen (secondary N) is 2. The van der Waals surface area contributed by atoms with Gasteiger partial charge < -0.3 is 29.7 Å². The number of benzene rings is 1. The number of morpholine rings is 1. The van der Waals surface area contributed by atoms with Crippen LogP contribution in [0.2, 0.25) is 0 Å². The fourth-order valence-corrected chi connectivity index (χ4v) is 5.22. The Morgan fingerprint density at radius 3 is 2.86 bits per heavy atom. The molecule has 0 radical (unpaired) electrons. The van der Waals surface area contributed by atoms with Gasteiger partial charge in [0.1, 0.15) is 5.69 Å². The number of amides is 2. The Morgan fingerprint density at radius 2 is 2.11 bits per heavy atom. The molecule has 2 atom stereocenters. The van der Waals surface area contributed by atoms with Crippen molar-refractivity contribution in [3.8, 4) is 0 Å². The van der Waals surface area contributed by atoms with Crippen LogP contribution in [0.5, 0.6) is 0 Å². The van der Waals surface area contributed by atoms with Gasteiger partial charge in [-0.05, 0) is 31.0 Å². The molecule has 2 aliphatic rings. The minimum absolute atomic E-state index is 0.185. The SMILES string of the molecule is COCCNC(=O)c1cc(CN2CCOC[C@H]2C)ccc1NC(=O)c1csc(N2CCC(OC)C2)n1. The molecular formula is C25H35N5O5S. The van der Waals surface area contributed by atoms with Crippen molar-refractivity contribution in [2.24, 2.45) is 0 Å². The van der Waals surface area contributed by atoms with Crippen LogP contribution in [-0.4, -0.2) is 94.1 Å². The molecule has 2 saturated heterocycles. The predicted molar refractivity (Wildman–Crippen MR) is 139 cm³/mol. The molecule has 0 saturated carbocycles. The van der Waals surface area contributed by atoms with Crippen molar-refractivity contribution in [3.63, 3.8) is 0 Å². The molecule has 2 fully saturated rings. The Hall–Kier alpha value is -2.57. The van der Waals surface area contributed by atoms with Crippen LogP contribution in [0.3, 0.4) is 0 Å². The van der Waals surface area contributed by atoms with Crippen molar-refractivity contribution < 1.29 is 23.8 Å². The number of rotatable bonds is 10. The first-order chi connectivity index (χ1) is 17.5. The summed E-state index contributed by atoms with van der Waals surface area (Å²) in [6.45, 7) is 7.45. The van der Waals surface area contributed by atoms with E-state index in [1.165, 1.54) is 11.3 Å². The number of methoxy groups -OCH3 is 2. The lowest BCUT2D eigenvalue weighted by molar-refractivity contribution is -0.00437. The van der Waals surface area contributed by atoms with Gasteiger partial charge in [-0.15, -0.1) is 11.3 Å². The van der Waals surface area contributed by atoms with Crippen LogP contribution >= 0.6 is 11.3 Å². The van der Waals surface area contributed by atoms with E-state index in [0.29, 0.717) is 55.9 Å². The monoisotopic (exact) mass is 517 g/mol. The summed E-state index contributed by atoms with van der Waals surface area (Å²) in [7, 11) is 3.30. The zero-order chi connectivity index (χ0) is 25.5. The molecule has 1 unspecified atom stereocenters. The summed E-state index contributed by atoms with van der Waals surface area (Å²) in [6.07, 6.45) is 1.12. The van der Waals surface area contributed by atoms with Crippen LogP contribution in [0.1, 0.15) is 39.8 Å². The third-order valence-electron chi connectivity index (χ3n) is 6.53. The quantitative estimate of drug-likeness (QED) is 0.463. The molecule has 1 aromatic heterocycles. The lowest BCUT2D eigenvalue weighted by Crippen LogP contribution is -2.42. The summed E-state index contributed by atoms with van der Waals surface area (Å²) >= 11 is 1.43. The zero-order valence-corrected chi connectivity index (χ0v) is 21.9. The number of thiazole rings is 1. The molecule has 11 heteroatoms. The van der Waals surface area contributed by atoms with Crippen LogP contribution in [0.4, 0.5) is 10.8 Å². The largest absolute Gasteiger partial charge is 0.383 e. The summed E-state index contributed by atoms with van der Waals surface area (Å²) in [5, 5.41) is 8.31. The highest BCUT2D eigenvalue weighted by atomic mass is 32.1. The van der Waals surface area contributed by atoms with Crippen LogP contribution in [0, 0.1) is 0 Å². The molecule has 2 aliphatic heterocycles. The van der Waals surface area contributed by atoms with Crippen LogP contribution in [-0.2, 0) is 20.8 Å². The molecule has 36 heavy (non-hydrogen) atoms. The van der Waals surface area contributed by atoms with Gasteiger partial charge in [-0.3, -0.25) is 14.5 Å². The van der Waals surface area contributed by atoms with Gasteiger partial charge in [-0.2, -0.15) is 0 Å². The smallest absolute Gasteiger partial charge is 0.275 e. The number of nitrogens with zero attached hydrogens (tertiary/aromatic N) is 3. The number of ether oxygens (including phenoxy) is 3. The van der Waals surface area contributed by atoms with Gasteiger partial charge in [0, 0.05) is 58.4 Å². The highest BCUT2D eigenvalue weighted by molar-refractivity contribution is 7.14. The molecular weight excluding hydrogens is 482 g/mol. The van der Waals surface area contributed by atoms with Crippen molar-refractivity contribution in [2.45, 2.75) is 32.0 Å². The minimum atomic E-state index is -0.347. The van der Waals surface area contributed by atoms with Gasteiger partial charge in [-0.1, -0.05) is 6.07 Å². The fraction of sp³-hybridized carbons (Fsp3) is 0.560. The number of carbonyl (C=O) groups is 2. The fourth-order valence-electron chi connectivity index (χ4n) is 4.37. The van der Waals surface area contributed by atoms with Gasteiger partial charge in [0.2, 0.25) is 0 Å². The number of hydrogen-bond acceptors (Lipinski definition) is 9. The number of anilines is 2. The Kier molecular flexibility index (Phi) is 9.27. The van der Waals surface area contributed by atoms with E-state index in [1.807, 2.05) is 12.1 Å². The molecule has 2 amide bonds. The van der Waals surface area contributed by atoms with Crippen molar-refractivity contribution in [1.82, 2.24) is 15.2 Å². The molecule has 1 aromatic carbocycles. The standard InChI is InChI=1S/C25H35N5O5S/c1-17-15-35-11-9-29(17)13-18-4-5-21(20(12-18)23(31)26-7-10-33-2)27-24(32)22-16-36-25(28-22)30-8-6-19(14-30)34-3/h4-5,12,16-17,19H,6-11,13-15H2,1-3H3,(H,26,31)(H,27,32)/t17-,19?/m1/s1. The summed E-state index contributed by atoms with van der Waals surface area (Å²) < 4.78 is 16.0. The topological polar surface area (TPSA) is 105 Å². The van der Waals surface area contributed by atoms with E-state index in [0.717, 1.165) is 36.8 Å². The third kappa shape index (κ3) is 6.60. The maximum atomic E-state index is 13.1. The Morgan fingerprint density at radius 1 is 1.25 bits per heavy atom. The number of hydrogen-bond donors (Lipinski definition) is 2. The predicted octanol–water partition coefficient (Wildman–Crippen LogP) is 2.22. The van der Waals surface area contributed by atoms with Crippen molar-refractivity contribution in [3.05, 3.63) is 40.4 Å². The summed E-state index contributed by atoms with van der Waals surface area (Å²) in [5.74, 6) is -0.610.